The van der Waals surface area contributed by atoms with Crippen LogP contribution >= 0.6 is 0 Å². The second-order valence-electron chi connectivity index (χ2n) is 11.4. The summed E-state index contributed by atoms with van der Waals surface area (Å²) in [6.07, 6.45) is 7.56. The summed E-state index contributed by atoms with van der Waals surface area (Å²) in [5.41, 5.74) is 3.30. The quantitative estimate of drug-likeness (QED) is 0.284. The van der Waals surface area contributed by atoms with Gasteiger partial charge in [-0.05, 0) is 69.0 Å². The van der Waals surface area contributed by atoms with Crippen LogP contribution in [0.2, 0.25) is 0 Å². The molecular weight excluding hydrogens is 516 g/mol. The Balaban J connectivity index is 1.17. The zero-order valence-electron chi connectivity index (χ0n) is 23.2. The summed E-state index contributed by atoms with van der Waals surface area (Å²) in [7, 11) is 0. The summed E-state index contributed by atoms with van der Waals surface area (Å²) in [4.78, 5) is 27.0. The molecule has 1 aliphatic carbocycles. The molecule has 0 bridgehead atoms. The van der Waals surface area contributed by atoms with E-state index in [1.54, 1.807) is 12.4 Å². The van der Waals surface area contributed by atoms with Crippen LogP contribution in [0, 0.1) is 18.3 Å². The van der Waals surface area contributed by atoms with Gasteiger partial charge in [-0.1, -0.05) is 24.3 Å². The van der Waals surface area contributed by atoms with Gasteiger partial charge in [0, 0.05) is 59.4 Å². The number of nitrogens with zero attached hydrogens (tertiary/aromatic N) is 3. The summed E-state index contributed by atoms with van der Waals surface area (Å²) >= 11 is 0. The zero-order chi connectivity index (χ0) is 27.8. The number of nitrogens with one attached hydrogen (secondary N) is 3. The van der Waals surface area contributed by atoms with E-state index in [4.69, 9.17) is 14.5 Å². The van der Waals surface area contributed by atoms with E-state index in [0.29, 0.717) is 30.2 Å². The maximum Gasteiger partial charge on any atom is 0.228 e. The Morgan fingerprint density at radius 1 is 1.10 bits per heavy atom. The largest absolute Gasteiger partial charge is 0.437 e. The zero-order valence-corrected chi connectivity index (χ0v) is 23.2. The number of carbonyl (C=O) groups is 1. The molecule has 3 atom stereocenters. The minimum atomic E-state index is 0.0131. The van der Waals surface area contributed by atoms with Gasteiger partial charge in [0.05, 0.1) is 17.9 Å². The first-order chi connectivity index (χ1) is 20.1. The average Bonchev–Trinajstić information content (AvgIpc) is 3.51. The second kappa shape index (κ2) is 10.7. The predicted molar refractivity (Wildman–Crippen MR) is 158 cm³/mol. The number of hydrogen-bond acceptors (Lipinski definition) is 8. The van der Waals surface area contributed by atoms with E-state index in [2.05, 4.69) is 25.9 Å². The molecule has 2 aromatic heterocycles. The Kier molecular flexibility index (Phi) is 6.76. The van der Waals surface area contributed by atoms with Gasteiger partial charge in [-0.25, -0.2) is 15.0 Å². The van der Waals surface area contributed by atoms with Crippen molar-refractivity contribution in [2.75, 3.05) is 36.9 Å². The highest BCUT2D eigenvalue weighted by molar-refractivity contribution is 6.06. The Hall–Kier alpha value is -4.08. The summed E-state index contributed by atoms with van der Waals surface area (Å²) in [5.74, 6) is 1.83. The van der Waals surface area contributed by atoms with Crippen molar-refractivity contribution in [3.63, 3.8) is 0 Å². The molecule has 2 aliphatic heterocycles. The summed E-state index contributed by atoms with van der Waals surface area (Å²) in [6.45, 7) is 5.40. The highest BCUT2D eigenvalue weighted by Gasteiger charge is 2.59. The van der Waals surface area contributed by atoms with Crippen LogP contribution in [0.5, 0.6) is 11.6 Å². The summed E-state index contributed by atoms with van der Waals surface area (Å²) in [5, 5.41) is 11.9. The van der Waals surface area contributed by atoms with E-state index in [1.165, 1.54) is 0 Å². The van der Waals surface area contributed by atoms with Gasteiger partial charge in [-0.2, -0.15) is 0 Å². The third-order valence-electron chi connectivity index (χ3n) is 8.64. The van der Waals surface area contributed by atoms with E-state index in [1.807, 2.05) is 55.5 Å². The number of amides is 1. The van der Waals surface area contributed by atoms with Crippen molar-refractivity contribution in [2.24, 2.45) is 11.3 Å². The van der Waals surface area contributed by atoms with Crippen molar-refractivity contribution in [3.05, 3.63) is 66.5 Å². The van der Waals surface area contributed by atoms with Crippen molar-refractivity contribution in [3.8, 4) is 22.9 Å². The minimum Gasteiger partial charge on any atom is -0.437 e. The number of anilines is 2. The van der Waals surface area contributed by atoms with Gasteiger partial charge in [0.2, 0.25) is 17.7 Å². The molecule has 2 aromatic carbocycles. The molecule has 9 heteroatoms. The van der Waals surface area contributed by atoms with Gasteiger partial charge >= 0.3 is 0 Å². The molecular formula is C32H34N6O3. The van der Waals surface area contributed by atoms with Crippen molar-refractivity contribution < 1.29 is 14.3 Å². The smallest absolute Gasteiger partial charge is 0.228 e. The Morgan fingerprint density at radius 2 is 2.05 bits per heavy atom. The Labute approximate surface area is 239 Å². The van der Waals surface area contributed by atoms with Gasteiger partial charge in [0.25, 0.3) is 0 Å². The third kappa shape index (κ3) is 5.11. The normalized spacial score (nSPS) is 23.4. The van der Waals surface area contributed by atoms with Crippen molar-refractivity contribution >= 4 is 28.3 Å². The van der Waals surface area contributed by atoms with Crippen LogP contribution in [0.25, 0.3) is 22.0 Å². The van der Waals surface area contributed by atoms with E-state index in [-0.39, 0.29) is 17.2 Å². The Morgan fingerprint density at radius 3 is 2.90 bits per heavy atom. The molecule has 4 aromatic rings. The molecule has 3 N–H and O–H groups in total. The molecule has 41 heavy (non-hydrogen) atoms. The highest BCUT2D eigenvalue weighted by atomic mass is 16.5. The first kappa shape index (κ1) is 25.9. The molecule has 1 saturated carbocycles. The lowest BCUT2D eigenvalue weighted by Crippen LogP contribution is -2.38. The highest BCUT2D eigenvalue weighted by Crippen LogP contribution is 2.58. The van der Waals surface area contributed by atoms with Crippen LogP contribution in [0.15, 0.2) is 60.9 Å². The fraction of sp³-hybridized carbons (Fsp3) is 0.375. The maximum atomic E-state index is 13.1. The van der Waals surface area contributed by atoms with Crippen LogP contribution < -0.4 is 20.7 Å². The summed E-state index contributed by atoms with van der Waals surface area (Å²) < 4.78 is 12.1. The maximum absolute atomic E-state index is 13.1. The first-order valence-corrected chi connectivity index (χ1v) is 14.4. The van der Waals surface area contributed by atoms with Gasteiger partial charge in [-0.3, -0.25) is 4.79 Å². The lowest BCUT2D eigenvalue weighted by Gasteiger charge is -2.23. The number of ether oxygens (including phenoxy) is 2. The topological polar surface area (TPSA) is 110 Å². The number of hydrogen-bond donors (Lipinski definition) is 3. The van der Waals surface area contributed by atoms with Gasteiger partial charge in [-0.15, -0.1) is 0 Å². The number of piperidine rings is 1. The monoisotopic (exact) mass is 550 g/mol. The molecule has 2 saturated heterocycles. The number of benzene rings is 2. The molecule has 2 unspecified atom stereocenters. The minimum absolute atomic E-state index is 0.0131. The van der Waals surface area contributed by atoms with Crippen molar-refractivity contribution in [1.29, 1.82) is 0 Å². The number of rotatable bonds is 7. The van der Waals surface area contributed by atoms with E-state index in [9.17, 15) is 4.79 Å². The molecule has 4 heterocycles. The molecule has 1 amide bonds. The average molecular weight is 551 g/mol. The van der Waals surface area contributed by atoms with Crippen LogP contribution in [0.1, 0.15) is 31.2 Å². The van der Waals surface area contributed by atoms with E-state index >= 15 is 0 Å². The molecule has 3 fully saturated rings. The lowest BCUT2D eigenvalue weighted by atomic mass is 10.0. The van der Waals surface area contributed by atoms with Crippen LogP contribution in [0.4, 0.5) is 11.6 Å². The van der Waals surface area contributed by atoms with E-state index < -0.39 is 0 Å². The van der Waals surface area contributed by atoms with Crippen molar-refractivity contribution in [2.45, 2.75) is 38.6 Å². The fourth-order valence-corrected chi connectivity index (χ4v) is 6.18. The molecule has 1 spiro atoms. The molecule has 210 valence electrons. The first-order valence-electron chi connectivity index (χ1n) is 14.4. The fourth-order valence-electron chi connectivity index (χ4n) is 6.18. The number of fused-ring (bicyclic) bond motifs is 1. The van der Waals surface area contributed by atoms with Crippen LogP contribution in [-0.2, 0) is 9.53 Å². The van der Waals surface area contributed by atoms with Crippen LogP contribution in [0.3, 0.4) is 0 Å². The van der Waals surface area contributed by atoms with E-state index in [0.717, 1.165) is 78.7 Å². The molecule has 7 rings (SSSR count). The number of carbonyl (C=O) groups excluding carboxylic acids is 1. The third-order valence-corrected chi connectivity index (χ3v) is 8.64. The SMILES string of the molecule is Cc1ccc2c(NC(=O)C3CC34CCOC4)cccc2c1Oc1ncccc1-c1ccnc(N[C@H]2CCCNC2)n1. The van der Waals surface area contributed by atoms with Crippen molar-refractivity contribution in [1.82, 2.24) is 20.3 Å². The van der Waals surface area contributed by atoms with Crippen LogP contribution in [-0.4, -0.2) is 53.2 Å². The second-order valence-corrected chi connectivity index (χ2v) is 11.4. The summed E-state index contributed by atoms with van der Waals surface area (Å²) in [6, 6.07) is 16.0. The Bertz CT molecular complexity index is 1600. The number of pyridine rings is 1. The standard InChI is InChI=1S/C32H34N6O3/c1-20-9-10-22-23(6-2-8-26(22)37-29(39)25-17-32(25)12-16-40-19-32)28(20)41-30-24(7-4-14-34-30)27-11-15-35-31(38-27)36-21-5-3-13-33-18-21/h2,4,6-11,14-15,21,25,33H,3,5,12-13,16-19H2,1H3,(H,37,39)(H,35,36,38)/t21-,25?,32?/m0/s1. The van der Waals surface area contributed by atoms with Gasteiger partial charge in [0.1, 0.15) is 5.75 Å². The number of aryl methyl sites for hydroxylation is 1. The molecule has 9 nitrogen and oxygen atoms in total. The van der Waals surface area contributed by atoms with Gasteiger partial charge in [0.15, 0.2) is 0 Å². The molecule has 0 radical (unpaired) electrons. The lowest BCUT2D eigenvalue weighted by molar-refractivity contribution is -0.118. The molecule has 3 aliphatic rings. The predicted octanol–water partition coefficient (Wildman–Crippen LogP) is 5.32. The number of aromatic nitrogens is 3. The van der Waals surface area contributed by atoms with Gasteiger partial charge < -0.3 is 25.4 Å².